The molecule has 1 atom stereocenters. The predicted molar refractivity (Wildman–Crippen MR) is 98.4 cm³/mol. The quantitative estimate of drug-likeness (QED) is 0.775. The van der Waals surface area contributed by atoms with Crippen molar-refractivity contribution in [1.82, 2.24) is 5.32 Å². The monoisotopic (exact) mass is 354 g/mol. The number of rotatable bonds is 7. The van der Waals surface area contributed by atoms with Crippen molar-refractivity contribution >= 4 is 17.5 Å². The Bertz CT molecular complexity index is 746. The molecule has 0 saturated carbocycles. The molecule has 2 aromatic rings. The molecule has 1 fully saturated rings. The summed E-state index contributed by atoms with van der Waals surface area (Å²) in [5.41, 5.74) is 0.754. The second-order valence-corrected chi connectivity index (χ2v) is 5.97. The minimum absolute atomic E-state index is 0.0224. The van der Waals surface area contributed by atoms with Gasteiger partial charge in [-0.2, -0.15) is 0 Å². The molecule has 26 heavy (non-hydrogen) atoms. The lowest BCUT2D eigenvalue weighted by Gasteiger charge is -2.24. The third kappa shape index (κ3) is 4.14. The Balaban J connectivity index is 1.50. The van der Waals surface area contributed by atoms with E-state index in [2.05, 4.69) is 5.32 Å². The molecule has 6 nitrogen and oxygen atoms in total. The van der Waals surface area contributed by atoms with Gasteiger partial charge < -0.3 is 14.8 Å². The highest BCUT2D eigenvalue weighted by Gasteiger charge is 2.36. The fourth-order valence-corrected chi connectivity index (χ4v) is 2.98. The Labute approximate surface area is 152 Å². The fraction of sp³-hybridized carbons (Fsp3) is 0.300. The number of methoxy groups -OCH3 is 1. The van der Waals surface area contributed by atoms with Gasteiger partial charge in [0.1, 0.15) is 24.1 Å². The Morgan fingerprint density at radius 2 is 1.81 bits per heavy atom. The molecule has 1 saturated heterocycles. The molecule has 1 N–H and O–H groups in total. The van der Waals surface area contributed by atoms with Crippen LogP contribution in [0.25, 0.3) is 0 Å². The van der Waals surface area contributed by atoms with Gasteiger partial charge in [-0.05, 0) is 42.8 Å². The number of amides is 2. The molecule has 0 aromatic heterocycles. The first-order valence-electron chi connectivity index (χ1n) is 8.60. The lowest BCUT2D eigenvalue weighted by Crippen LogP contribution is -2.45. The van der Waals surface area contributed by atoms with Crippen molar-refractivity contribution < 1.29 is 19.1 Å². The number of carbonyl (C=O) groups is 2. The Morgan fingerprint density at radius 1 is 1.12 bits per heavy atom. The number of benzene rings is 2. The first kappa shape index (κ1) is 17.8. The highest BCUT2D eigenvalue weighted by atomic mass is 16.5. The number of nitrogens with one attached hydrogen (secondary N) is 1. The number of nitrogens with zero attached hydrogens (tertiary/aromatic N) is 1. The van der Waals surface area contributed by atoms with E-state index >= 15 is 0 Å². The number of ether oxygens (including phenoxy) is 2. The first-order chi connectivity index (χ1) is 12.7. The van der Waals surface area contributed by atoms with Gasteiger partial charge in [0.15, 0.2) is 0 Å². The summed E-state index contributed by atoms with van der Waals surface area (Å²) in [5, 5.41) is 2.86. The van der Waals surface area contributed by atoms with Crippen LogP contribution in [-0.4, -0.2) is 38.1 Å². The summed E-state index contributed by atoms with van der Waals surface area (Å²) in [4.78, 5) is 26.2. The van der Waals surface area contributed by atoms with Gasteiger partial charge in [-0.25, -0.2) is 0 Å². The summed E-state index contributed by atoms with van der Waals surface area (Å²) >= 11 is 0. The first-order valence-corrected chi connectivity index (χ1v) is 8.60. The van der Waals surface area contributed by atoms with Crippen molar-refractivity contribution in [2.75, 3.05) is 25.2 Å². The average molecular weight is 354 g/mol. The maximum Gasteiger partial charge on any atom is 0.243 e. The molecule has 2 aromatic carbocycles. The number of carbonyl (C=O) groups excluding carboxylic acids is 2. The standard InChI is InChI=1S/C20H22N2O4/c1-25-16-7-9-17(10-8-16)26-14-13-21-20(24)18-11-12-19(23)22(18)15-5-3-2-4-6-15/h2-10,18H,11-14H2,1H3,(H,21,24). The van der Waals surface area contributed by atoms with Crippen molar-refractivity contribution in [2.24, 2.45) is 0 Å². The van der Waals surface area contributed by atoms with Crippen LogP contribution in [0.3, 0.4) is 0 Å². The van der Waals surface area contributed by atoms with Crippen LogP contribution in [0.1, 0.15) is 12.8 Å². The maximum absolute atomic E-state index is 12.5. The van der Waals surface area contributed by atoms with Gasteiger partial charge in [0, 0.05) is 12.1 Å². The summed E-state index contributed by atoms with van der Waals surface area (Å²) in [6.45, 7) is 0.724. The topological polar surface area (TPSA) is 67.9 Å². The second-order valence-electron chi connectivity index (χ2n) is 5.97. The van der Waals surface area contributed by atoms with Gasteiger partial charge >= 0.3 is 0 Å². The number of para-hydroxylation sites is 1. The van der Waals surface area contributed by atoms with E-state index in [1.165, 1.54) is 0 Å². The molecule has 1 unspecified atom stereocenters. The summed E-state index contributed by atoms with van der Waals surface area (Å²) in [7, 11) is 1.61. The van der Waals surface area contributed by atoms with E-state index in [-0.39, 0.29) is 11.8 Å². The molecule has 1 heterocycles. The Morgan fingerprint density at radius 3 is 2.50 bits per heavy atom. The molecular weight excluding hydrogens is 332 g/mol. The number of anilines is 1. The van der Waals surface area contributed by atoms with Crippen molar-refractivity contribution in [3.05, 3.63) is 54.6 Å². The average Bonchev–Trinajstić information content (AvgIpc) is 3.08. The molecular formula is C20H22N2O4. The van der Waals surface area contributed by atoms with Gasteiger partial charge in [-0.1, -0.05) is 18.2 Å². The van der Waals surface area contributed by atoms with Gasteiger partial charge in [0.05, 0.1) is 13.7 Å². The van der Waals surface area contributed by atoms with Crippen molar-refractivity contribution in [3.8, 4) is 11.5 Å². The largest absolute Gasteiger partial charge is 0.497 e. The second kappa shape index (κ2) is 8.38. The maximum atomic E-state index is 12.5. The summed E-state index contributed by atoms with van der Waals surface area (Å²) in [6, 6.07) is 16.1. The minimum atomic E-state index is -0.467. The molecule has 1 aliphatic heterocycles. The van der Waals surface area contributed by atoms with Crippen LogP contribution in [0.4, 0.5) is 5.69 Å². The third-order valence-electron chi connectivity index (χ3n) is 4.28. The number of hydrogen-bond acceptors (Lipinski definition) is 4. The Kier molecular flexibility index (Phi) is 5.73. The van der Waals surface area contributed by atoms with Crippen molar-refractivity contribution in [1.29, 1.82) is 0 Å². The summed E-state index contributed by atoms with van der Waals surface area (Å²) < 4.78 is 10.7. The summed E-state index contributed by atoms with van der Waals surface area (Å²) in [5.74, 6) is 1.29. The van der Waals surface area contributed by atoms with Crippen LogP contribution in [0.5, 0.6) is 11.5 Å². The van der Waals surface area contributed by atoms with Crippen LogP contribution < -0.4 is 19.7 Å². The van der Waals surface area contributed by atoms with Crippen LogP contribution >= 0.6 is 0 Å². The zero-order valence-corrected chi connectivity index (χ0v) is 14.7. The van der Waals surface area contributed by atoms with E-state index < -0.39 is 6.04 Å². The lowest BCUT2D eigenvalue weighted by atomic mass is 10.2. The fourth-order valence-electron chi connectivity index (χ4n) is 2.98. The van der Waals surface area contributed by atoms with Gasteiger partial charge in [-0.15, -0.1) is 0 Å². The van der Waals surface area contributed by atoms with Gasteiger partial charge in [0.25, 0.3) is 0 Å². The van der Waals surface area contributed by atoms with Gasteiger partial charge in [-0.3, -0.25) is 14.5 Å². The zero-order chi connectivity index (χ0) is 18.4. The predicted octanol–water partition coefficient (Wildman–Crippen LogP) is 2.39. The molecule has 0 aliphatic carbocycles. The van der Waals surface area contributed by atoms with E-state index in [4.69, 9.17) is 9.47 Å². The summed E-state index contributed by atoms with van der Waals surface area (Å²) in [6.07, 6.45) is 0.911. The van der Waals surface area contributed by atoms with E-state index in [0.717, 1.165) is 11.4 Å². The molecule has 136 valence electrons. The van der Waals surface area contributed by atoms with Crippen molar-refractivity contribution in [2.45, 2.75) is 18.9 Å². The molecule has 2 amide bonds. The minimum Gasteiger partial charge on any atom is -0.497 e. The van der Waals surface area contributed by atoms with Gasteiger partial charge in [0.2, 0.25) is 11.8 Å². The molecule has 3 rings (SSSR count). The highest BCUT2D eigenvalue weighted by Crippen LogP contribution is 2.26. The van der Waals surface area contributed by atoms with E-state index in [1.807, 2.05) is 54.6 Å². The van der Waals surface area contributed by atoms with E-state index in [9.17, 15) is 9.59 Å². The SMILES string of the molecule is COc1ccc(OCCNC(=O)C2CCC(=O)N2c2ccccc2)cc1. The van der Waals surface area contributed by atoms with Crippen LogP contribution in [0.15, 0.2) is 54.6 Å². The van der Waals surface area contributed by atoms with Crippen LogP contribution in [0, 0.1) is 0 Å². The smallest absolute Gasteiger partial charge is 0.243 e. The Hall–Kier alpha value is -3.02. The highest BCUT2D eigenvalue weighted by molar-refractivity contribution is 6.03. The molecule has 0 radical (unpaired) electrons. The molecule has 0 spiro atoms. The zero-order valence-electron chi connectivity index (χ0n) is 14.7. The van der Waals surface area contributed by atoms with E-state index in [0.29, 0.717) is 31.7 Å². The van der Waals surface area contributed by atoms with Crippen LogP contribution in [0.2, 0.25) is 0 Å². The molecule has 6 heteroatoms. The molecule has 0 bridgehead atoms. The number of hydrogen-bond donors (Lipinski definition) is 1. The lowest BCUT2D eigenvalue weighted by molar-refractivity contribution is -0.124. The molecule has 1 aliphatic rings. The van der Waals surface area contributed by atoms with Crippen LogP contribution in [-0.2, 0) is 9.59 Å². The normalized spacial score (nSPS) is 16.4. The van der Waals surface area contributed by atoms with Crippen molar-refractivity contribution in [3.63, 3.8) is 0 Å². The van der Waals surface area contributed by atoms with E-state index in [1.54, 1.807) is 12.0 Å². The third-order valence-corrected chi connectivity index (χ3v) is 4.28.